The lowest BCUT2D eigenvalue weighted by atomic mass is 9.98. The van der Waals surface area contributed by atoms with Gasteiger partial charge in [-0.05, 0) is 54.1 Å². The van der Waals surface area contributed by atoms with Gasteiger partial charge in [-0.3, -0.25) is 9.63 Å². The SMILES string of the molecule is C=CC(=O)Nc1cc(Nc2cc(N3OCC[C@@H]3c3cccc(-c4ccn5ncnc5c4)c3)ncn2)c(OC)cc1N1CCN(C)CC1. The Morgan fingerprint density at radius 3 is 2.68 bits per heavy atom. The molecule has 5 heterocycles. The standard InChI is InChI=1S/C34H36N10O3/c1-4-34(45)40-26-18-27(30(46-3)19-29(26)42-13-11-41(2)12-14-42)39-31-20-33(36-21-35-31)44-28(9-15-47-44)25-7-5-6-23(16-25)24-8-10-43-32(17-24)37-22-38-43/h4-8,10,16-22,28H,1,9,11-15H2,2-3H3,(H,40,45)(H,35,36,39)/t28-/m1/s1. The molecular formula is C34H36N10O3. The zero-order chi connectivity index (χ0) is 32.3. The van der Waals surface area contributed by atoms with Gasteiger partial charge >= 0.3 is 0 Å². The molecule has 0 radical (unpaired) electrons. The van der Waals surface area contributed by atoms with Gasteiger partial charge < -0.3 is 25.2 Å². The maximum Gasteiger partial charge on any atom is 0.247 e. The molecule has 1 amide bonds. The highest BCUT2D eigenvalue weighted by molar-refractivity contribution is 6.02. The van der Waals surface area contributed by atoms with E-state index in [9.17, 15) is 4.79 Å². The molecule has 13 nitrogen and oxygen atoms in total. The van der Waals surface area contributed by atoms with Crippen molar-refractivity contribution in [2.24, 2.45) is 0 Å². The van der Waals surface area contributed by atoms with E-state index in [1.54, 1.807) is 18.0 Å². The molecule has 2 saturated heterocycles. The Morgan fingerprint density at radius 1 is 1.00 bits per heavy atom. The van der Waals surface area contributed by atoms with Crippen molar-refractivity contribution in [1.82, 2.24) is 29.5 Å². The minimum atomic E-state index is -0.291. The summed E-state index contributed by atoms with van der Waals surface area (Å²) in [7, 11) is 3.73. The molecule has 47 heavy (non-hydrogen) atoms. The highest BCUT2D eigenvalue weighted by Gasteiger charge is 2.30. The van der Waals surface area contributed by atoms with E-state index in [4.69, 9.17) is 9.57 Å². The van der Waals surface area contributed by atoms with Crippen LogP contribution < -0.4 is 25.3 Å². The third-order valence-corrected chi connectivity index (χ3v) is 8.54. The lowest BCUT2D eigenvalue weighted by Crippen LogP contribution is -2.44. The van der Waals surface area contributed by atoms with Crippen molar-refractivity contribution >= 4 is 40.3 Å². The largest absolute Gasteiger partial charge is 0.494 e. The maximum atomic E-state index is 12.4. The van der Waals surface area contributed by atoms with Gasteiger partial charge in [0.15, 0.2) is 11.5 Å². The molecule has 0 saturated carbocycles. The third-order valence-electron chi connectivity index (χ3n) is 8.54. The fourth-order valence-corrected chi connectivity index (χ4v) is 6.02. The van der Waals surface area contributed by atoms with Gasteiger partial charge in [0, 0.05) is 50.9 Å². The molecule has 2 aliphatic heterocycles. The Labute approximate surface area is 272 Å². The predicted molar refractivity (Wildman–Crippen MR) is 181 cm³/mol. The quantitative estimate of drug-likeness (QED) is 0.220. The Balaban J connectivity index is 1.15. The van der Waals surface area contributed by atoms with E-state index in [1.807, 2.05) is 41.6 Å². The number of piperazine rings is 1. The van der Waals surface area contributed by atoms with E-state index < -0.39 is 0 Å². The molecule has 2 aliphatic rings. The van der Waals surface area contributed by atoms with Crippen LogP contribution in [0.4, 0.5) is 28.7 Å². The Hall–Kier alpha value is -5.53. The monoisotopic (exact) mass is 632 g/mol. The number of methoxy groups -OCH3 is 1. The summed E-state index contributed by atoms with van der Waals surface area (Å²) in [6.07, 6.45) is 7.03. The first-order valence-electron chi connectivity index (χ1n) is 15.5. The minimum Gasteiger partial charge on any atom is -0.494 e. The number of carbonyl (C=O) groups is 1. The summed E-state index contributed by atoms with van der Waals surface area (Å²) in [5.41, 5.74) is 6.22. The highest BCUT2D eigenvalue weighted by Crippen LogP contribution is 2.40. The number of hydrogen-bond acceptors (Lipinski definition) is 11. The molecule has 0 spiro atoms. The molecule has 5 aromatic rings. The third kappa shape index (κ3) is 6.30. The molecule has 240 valence electrons. The van der Waals surface area contributed by atoms with Crippen LogP contribution in [0, 0.1) is 0 Å². The van der Waals surface area contributed by atoms with Gasteiger partial charge in [0.05, 0.1) is 36.8 Å². The van der Waals surface area contributed by atoms with Crippen LogP contribution >= 0.6 is 0 Å². The number of carbonyl (C=O) groups excluding carboxylic acids is 1. The number of fused-ring (bicyclic) bond motifs is 1. The average Bonchev–Trinajstić information content (AvgIpc) is 3.79. The van der Waals surface area contributed by atoms with Gasteiger partial charge in [-0.1, -0.05) is 24.8 Å². The van der Waals surface area contributed by atoms with E-state index >= 15 is 0 Å². The number of pyridine rings is 1. The number of benzene rings is 2. The van der Waals surface area contributed by atoms with Crippen molar-refractivity contribution in [1.29, 1.82) is 0 Å². The van der Waals surface area contributed by atoms with Gasteiger partial charge in [0.25, 0.3) is 0 Å². The topological polar surface area (TPSA) is 125 Å². The minimum absolute atomic E-state index is 0.0485. The zero-order valence-electron chi connectivity index (χ0n) is 26.3. The van der Waals surface area contributed by atoms with Crippen molar-refractivity contribution in [2.45, 2.75) is 12.5 Å². The second-order valence-electron chi connectivity index (χ2n) is 11.5. The number of nitrogens with one attached hydrogen (secondary N) is 2. The van der Waals surface area contributed by atoms with Gasteiger partial charge in [-0.15, -0.1) is 0 Å². The van der Waals surface area contributed by atoms with Crippen molar-refractivity contribution in [2.75, 3.05) is 67.5 Å². The maximum absolute atomic E-state index is 12.4. The molecule has 0 aliphatic carbocycles. The molecule has 2 N–H and O–H groups in total. The van der Waals surface area contributed by atoms with Crippen LogP contribution in [0.15, 0.2) is 86.1 Å². The summed E-state index contributed by atoms with van der Waals surface area (Å²) in [6.45, 7) is 7.68. The van der Waals surface area contributed by atoms with Gasteiger partial charge in [-0.25, -0.2) is 24.5 Å². The Bertz CT molecular complexity index is 1920. The van der Waals surface area contributed by atoms with Crippen LogP contribution in [0.3, 0.4) is 0 Å². The van der Waals surface area contributed by atoms with E-state index in [-0.39, 0.29) is 11.9 Å². The van der Waals surface area contributed by atoms with Crippen LogP contribution in [-0.4, -0.2) is 82.3 Å². The lowest BCUT2D eigenvalue weighted by Gasteiger charge is -2.35. The van der Waals surface area contributed by atoms with Crippen molar-refractivity contribution in [3.8, 4) is 16.9 Å². The van der Waals surface area contributed by atoms with Crippen LogP contribution in [0.5, 0.6) is 5.75 Å². The number of hydroxylamine groups is 1. The van der Waals surface area contributed by atoms with Gasteiger partial charge in [0.1, 0.15) is 24.2 Å². The van der Waals surface area contributed by atoms with Crippen LogP contribution in [0.1, 0.15) is 18.0 Å². The second-order valence-corrected chi connectivity index (χ2v) is 11.5. The zero-order valence-corrected chi connectivity index (χ0v) is 26.3. The number of ether oxygens (including phenoxy) is 1. The van der Waals surface area contributed by atoms with Crippen molar-refractivity contribution < 1.29 is 14.4 Å². The van der Waals surface area contributed by atoms with Crippen molar-refractivity contribution in [3.05, 3.63) is 91.7 Å². The average molecular weight is 633 g/mol. The number of aromatic nitrogens is 5. The molecular weight excluding hydrogens is 596 g/mol. The summed E-state index contributed by atoms with van der Waals surface area (Å²) in [5.74, 6) is 1.49. The van der Waals surface area contributed by atoms with E-state index in [1.165, 1.54) is 12.4 Å². The van der Waals surface area contributed by atoms with Gasteiger partial charge in [-0.2, -0.15) is 5.10 Å². The summed E-state index contributed by atoms with van der Waals surface area (Å²) >= 11 is 0. The summed E-state index contributed by atoms with van der Waals surface area (Å²) < 4.78 is 7.55. The Kier molecular flexibility index (Phi) is 8.38. The molecule has 1 atom stereocenters. The first-order chi connectivity index (χ1) is 23.0. The molecule has 3 aromatic heterocycles. The number of amides is 1. The normalized spacial score (nSPS) is 16.8. The molecule has 0 bridgehead atoms. The van der Waals surface area contributed by atoms with E-state index in [0.717, 1.165) is 60.6 Å². The smallest absolute Gasteiger partial charge is 0.247 e. The fourth-order valence-electron chi connectivity index (χ4n) is 6.02. The predicted octanol–water partition coefficient (Wildman–Crippen LogP) is 4.70. The number of rotatable bonds is 9. The Morgan fingerprint density at radius 2 is 1.85 bits per heavy atom. The number of anilines is 5. The molecule has 2 aromatic carbocycles. The van der Waals surface area contributed by atoms with Crippen LogP contribution in [0.2, 0.25) is 0 Å². The van der Waals surface area contributed by atoms with E-state index in [0.29, 0.717) is 35.4 Å². The molecule has 13 heteroatoms. The number of nitrogens with zero attached hydrogens (tertiary/aromatic N) is 8. The van der Waals surface area contributed by atoms with Crippen LogP contribution in [-0.2, 0) is 9.63 Å². The molecule has 2 fully saturated rings. The molecule has 0 unspecified atom stereocenters. The molecule has 7 rings (SSSR count). The lowest BCUT2D eigenvalue weighted by molar-refractivity contribution is -0.111. The first-order valence-corrected chi connectivity index (χ1v) is 15.5. The van der Waals surface area contributed by atoms with Crippen LogP contribution in [0.25, 0.3) is 16.8 Å². The van der Waals surface area contributed by atoms with Gasteiger partial charge in [0.2, 0.25) is 5.91 Å². The summed E-state index contributed by atoms with van der Waals surface area (Å²) in [6, 6.07) is 18.1. The highest BCUT2D eigenvalue weighted by atomic mass is 16.7. The summed E-state index contributed by atoms with van der Waals surface area (Å²) in [5, 5.41) is 12.4. The van der Waals surface area contributed by atoms with E-state index in [2.05, 4.69) is 78.4 Å². The first kappa shape index (κ1) is 30.1. The van der Waals surface area contributed by atoms with Crippen molar-refractivity contribution in [3.63, 3.8) is 0 Å². The number of likely N-dealkylation sites (N-methyl/N-ethyl adjacent to an activating group) is 1. The second kappa shape index (κ2) is 13.1. The fraction of sp³-hybridized carbons (Fsp3) is 0.265. The summed E-state index contributed by atoms with van der Waals surface area (Å²) in [4.78, 5) is 36.4. The number of hydrogen-bond donors (Lipinski definition) is 2.